The van der Waals surface area contributed by atoms with Gasteiger partial charge in [-0.1, -0.05) is 13.0 Å². The number of rotatable bonds is 3. The Hall–Kier alpha value is -1.46. The third kappa shape index (κ3) is 2.11. The quantitative estimate of drug-likeness (QED) is 0.893. The first-order valence-electron chi connectivity index (χ1n) is 7.05. The number of aliphatic hydroxyl groups is 1. The fraction of sp³-hybridized carbons (Fsp3) is 0.533. The first-order valence-corrected chi connectivity index (χ1v) is 7.05. The van der Waals surface area contributed by atoms with Gasteiger partial charge in [0.25, 0.3) is 0 Å². The molecule has 2 heterocycles. The molecule has 1 saturated heterocycles. The van der Waals surface area contributed by atoms with Gasteiger partial charge in [0, 0.05) is 6.61 Å². The number of nitrogens with one attached hydrogen (secondary N) is 1. The lowest BCUT2D eigenvalue weighted by molar-refractivity contribution is -0.117. The SMILES string of the molecule is CCC1C(=O)Nc2c(F)cc(C(O)C3CCCO3)cc21. The van der Waals surface area contributed by atoms with E-state index in [-0.39, 0.29) is 23.6 Å². The van der Waals surface area contributed by atoms with Gasteiger partial charge in [0.2, 0.25) is 5.91 Å². The molecule has 108 valence electrons. The van der Waals surface area contributed by atoms with Crippen molar-refractivity contribution in [2.24, 2.45) is 0 Å². The number of ether oxygens (including phenoxy) is 1. The molecule has 2 aliphatic heterocycles. The van der Waals surface area contributed by atoms with Crippen LogP contribution in [0.15, 0.2) is 12.1 Å². The molecule has 3 atom stereocenters. The minimum absolute atomic E-state index is 0.176. The average molecular weight is 279 g/mol. The minimum Gasteiger partial charge on any atom is -0.386 e. The van der Waals surface area contributed by atoms with Gasteiger partial charge in [0.05, 0.1) is 17.7 Å². The van der Waals surface area contributed by atoms with E-state index >= 15 is 0 Å². The number of carbonyl (C=O) groups is 1. The van der Waals surface area contributed by atoms with Crippen molar-refractivity contribution in [1.82, 2.24) is 0 Å². The molecule has 0 aliphatic carbocycles. The molecule has 0 bridgehead atoms. The summed E-state index contributed by atoms with van der Waals surface area (Å²) in [6.07, 6.45) is 1.17. The normalized spacial score (nSPS) is 26.4. The first kappa shape index (κ1) is 13.5. The Morgan fingerprint density at radius 1 is 1.55 bits per heavy atom. The summed E-state index contributed by atoms with van der Waals surface area (Å²) in [7, 11) is 0. The van der Waals surface area contributed by atoms with Crippen molar-refractivity contribution in [3.8, 4) is 0 Å². The van der Waals surface area contributed by atoms with Crippen LogP contribution in [0.2, 0.25) is 0 Å². The van der Waals surface area contributed by atoms with Gasteiger partial charge in [0.1, 0.15) is 11.9 Å². The lowest BCUT2D eigenvalue weighted by Crippen LogP contribution is -2.17. The lowest BCUT2D eigenvalue weighted by Gasteiger charge is -2.19. The number of anilines is 1. The highest BCUT2D eigenvalue weighted by Crippen LogP contribution is 2.39. The molecular weight excluding hydrogens is 261 g/mol. The predicted molar refractivity (Wildman–Crippen MR) is 72.0 cm³/mol. The maximum absolute atomic E-state index is 14.1. The molecule has 2 aliphatic rings. The number of carbonyl (C=O) groups excluding carboxylic acids is 1. The number of aliphatic hydroxyl groups excluding tert-OH is 1. The predicted octanol–water partition coefficient (Wildman–Crippen LogP) is 2.48. The molecule has 2 N–H and O–H groups in total. The Bertz CT molecular complexity index is 540. The monoisotopic (exact) mass is 279 g/mol. The van der Waals surface area contributed by atoms with Crippen molar-refractivity contribution in [2.75, 3.05) is 11.9 Å². The summed E-state index contributed by atoms with van der Waals surface area (Å²) in [5.41, 5.74) is 1.39. The van der Waals surface area contributed by atoms with E-state index in [0.717, 1.165) is 12.8 Å². The summed E-state index contributed by atoms with van der Waals surface area (Å²) in [6, 6.07) is 3.03. The van der Waals surface area contributed by atoms with Gasteiger partial charge >= 0.3 is 0 Å². The van der Waals surface area contributed by atoms with Crippen molar-refractivity contribution >= 4 is 11.6 Å². The molecule has 4 nitrogen and oxygen atoms in total. The Morgan fingerprint density at radius 3 is 3.00 bits per heavy atom. The van der Waals surface area contributed by atoms with Gasteiger partial charge < -0.3 is 15.2 Å². The second kappa shape index (κ2) is 5.14. The molecule has 1 amide bonds. The van der Waals surface area contributed by atoms with Crippen LogP contribution >= 0.6 is 0 Å². The Labute approximate surface area is 116 Å². The molecule has 1 aromatic rings. The minimum atomic E-state index is -0.842. The maximum Gasteiger partial charge on any atom is 0.232 e. The van der Waals surface area contributed by atoms with Crippen molar-refractivity contribution < 1.29 is 19.0 Å². The summed E-state index contributed by atoms with van der Waals surface area (Å²) in [6.45, 7) is 2.52. The summed E-state index contributed by atoms with van der Waals surface area (Å²) >= 11 is 0. The Kier molecular flexibility index (Phi) is 3.48. The second-order valence-corrected chi connectivity index (χ2v) is 5.41. The highest BCUT2D eigenvalue weighted by atomic mass is 19.1. The van der Waals surface area contributed by atoms with Crippen LogP contribution in [0.4, 0.5) is 10.1 Å². The summed E-state index contributed by atoms with van der Waals surface area (Å²) in [5.74, 6) is -1.000. The lowest BCUT2D eigenvalue weighted by atomic mass is 9.93. The van der Waals surface area contributed by atoms with Gasteiger partial charge in [-0.2, -0.15) is 0 Å². The Morgan fingerprint density at radius 2 is 2.35 bits per heavy atom. The fourth-order valence-corrected chi connectivity index (χ4v) is 3.05. The number of hydrogen-bond donors (Lipinski definition) is 2. The summed E-state index contributed by atoms with van der Waals surface area (Å²) in [4.78, 5) is 11.8. The largest absolute Gasteiger partial charge is 0.386 e. The molecule has 1 aromatic carbocycles. The topological polar surface area (TPSA) is 58.6 Å². The van der Waals surface area contributed by atoms with Crippen LogP contribution < -0.4 is 5.32 Å². The number of benzene rings is 1. The molecule has 3 rings (SSSR count). The smallest absolute Gasteiger partial charge is 0.232 e. The molecule has 1 fully saturated rings. The van der Waals surface area contributed by atoms with Crippen LogP contribution in [-0.2, 0) is 9.53 Å². The van der Waals surface area contributed by atoms with Crippen LogP contribution in [-0.4, -0.2) is 23.7 Å². The second-order valence-electron chi connectivity index (χ2n) is 5.41. The van der Waals surface area contributed by atoms with Gasteiger partial charge in [-0.15, -0.1) is 0 Å². The molecular formula is C15H18FNO3. The van der Waals surface area contributed by atoms with Crippen molar-refractivity contribution in [2.45, 2.75) is 44.3 Å². The maximum atomic E-state index is 14.1. The molecule has 0 radical (unpaired) electrons. The Balaban J connectivity index is 1.96. The molecule has 0 saturated carbocycles. The number of halogens is 1. The van der Waals surface area contributed by atoms with E-state index in [1.54, 1.807) is 6.07 Å². The fourth-order valence-electron chi connectivity index (χ4n) is 3.05. The molecule has 5 heteroatoms. The molecule has 0 spiro atoms. The van der Waals surface area contributed by atoms with Crippen molar-refractivity contribution in [1.29, 1.82) is 0 Å². The van der Waals surface area contributed by atoms with Crippen LogP contribution in [0.25, 0.3) is 0 Å². The van der Waals surface area contributed by atoms with E-state index in [9.17, 15) is 14.3 Å². The first-order chi connectivity index (χ1) is 9.61. The van der Waals surface area contributed by atoms with Crippen molar-refractivity contribution in [3.05, 3.63) is 29.1 Å². The van der Waals surface area contributed by atoms with Gasteiger partial charge in [-0.05, 0) is 36.5 Å². The van der Waals surface area contributed by atoms with E-state index < -0.39 is 11.9 Å². The van der Waals surface area contributed by atoms with E-state index in [1.807, 2.05) is 6.92 Å². The average Bonchev–Trinajstić information content (AvgIpc) is 3.05. The summed E-state index contributed by atoms with van der Waals surface area (Å²) in [5, 5.41) is 12.9. The van der Waals surface area contributed by atoms with Gasteiger partial charge in [-0.25, -0.2) is 4.39 Å². The summed E-state index contributed by atoms with van der Waals surface area (Å²) < 4.78 is 19.6. The third-order valence-electron chi connectivity index (χ3n) is 4.15. The zero-order valence-corrected chi connectivity index (χ0v) is 11.4. The van der Waals surface area contributed by atoms with Crippen LogP contribution in [0.1, 0.15) is 49.3 Å². The van der Waals surface area contributed by atoms with Crippen LogP contribution in [0, 0.1) is 5.82 Å². The van der Waals surface area contributed by atoms with Crippen molar-refractivity contribution in [3.63, 3.8) is 0 Å². The number of amides is 1. The number of fused-ring (bicyclic) bond motifs is 1. The van der Waals surface area contributed by atoms with Crippen LogP contribution in [0.3, 0.4) is 0 Å². The number of hydrogen-bond acceptors (Lipinski definition) is 3. The van der Waals surface area contributed by atoms with E-state index in [2.05, 4.69) is 5.32 Å². The third-order valence-corrected chi connectivity index (χ3v) is 4.15. The molecule has 20 heavy (non-hydrogen) atoms. The van der Waals surface area contributed by atoms with Gasteiger partial charge in [0.15, 0.2) is 0 Å². The zero-order chi connectivity index (χ0) is 14.3. The standard InChI is InChI=1S/C15H18FNO3/c1-2-9-10-6-8(14(18)12-4-3-5-20-12)7-11(16)13(10)17-15(9)19/h6-7,9,12,14,18H,2-5H2,1H3,(H,17,19). The van der Waals surface area contributed by atoms with E-state index in [4.69, 9.17) is 4.74 Å². The van der Waals surface area contributed by atoms with Gasteiger partial charge in [-0.3, -0.25) is 4.79 Å². The zero-order valence-electron chi connectivity index (χ0n) is 11.4. The van der Waals surface area contributed by atoms with Crippen LogP contribution in [0.5, 0.6) is 0 Å². The van der Waals surface area contributed by atoms with E-state index in [1.165, 1.54) is 6.07 Å². The highest BCUT2D eigenvalue weighted by Gasteiger charge is 2.34. The highest BCUT2D eigenvalue weighted by molar-refractivity contribution is 6.03. The molecule has 0 aromatic heterocycles. The van der Waals surface area contributed by atoms with E-state index in [0.29, 0.717) is 24.2 Å². The molecule has 3 unspecified atom stereocenters.